The van der Waals surface area contributed by atoms with Crippen LogP contribution in [-0.2, 0) is 4.79 Å². The van der Waals surface area contributed by atoms with Gasteiger partial charge in [-0.1, -0.05) is 11.1 Å². The van der Waals surface area contributed by atoms with E-state index in [1.165, 1.54) is 24.0 Å². The van der Waals surface area contributed by atoms with Crippen LogP contribution >= 0.6 is 0 Å². The first kappa shape index (κ1) is 7.08. The Kier molecular flexibility index (Phi) is 1.59. The number of hydrogen-bond acceptors (Lipinski definition) is 1. The highest BCUT2D eigenvalue weighted by Crippen LogP contribution is 2.39. The average Bonchev–Trinajstić information content (AvgIpc) is 2.35. The molecule has 0 aromatic rings. The molecule has 1 saturated carbocycles. The molecule has 1 unspecified atom stereocenters. The van der Waals surface area contributed by atoms with Crippen LogP contribution in [0.2, 0.25) is 0 Å². The van der Waals surface area contributed by atoms with E-state index in [4.69, 9.17) is 0 Å². The van der Waals surface area contributed by atoms with Crippen LogP contribution in [0.4, 0.5) is 0 Å². The monoisotopic (exact) mass is 150 g/mol. The first-order valence-electron chi connectivity index (χ1n) is 4.50. The van der Waals surface area contributed by atoms with Gasteiger partial charge in [-0.2, -0.15) is 0 Å². The molecule has 1 nitrogen and oxygen atoms in total. The summed E-state index contributed by atoms with van der Waals surface area (Å²) in [5.74, 6) is 0.854. The van der Waals surface area contributed by atoms with Crippen LogP contribution in [0.15, 0.2) is 11.1 Å². The van der Waals surface area contributed by atoms with Gasteiger partial charge in [-0.25, -0.2) is 0 Å². The van der Waals surface area contributed by atoms with E-state index in [0.717, 1.165) is 19.3 Å². The number of Topliss-reactive ketones (excluding diaryl/α,β-unsaturated/α-hetero) is 1. The standard InChI is InChI=1S/C10H14O/c1-7-5-6-9-8(7)3-2-4-10(9)11/h9H,2-6H2,1H3. The SMILES string of the molecule is CC1=C2CCCC(=O)C2CC1. The lowest BCUT2D eigenvalue weighted by Gasteiger charge is -2.19. The van der Waals surface area contributed by atoms with Crippen molar-refractivity contribution in [1.29, 1.82) is 0 Å². The van der Waals surface area contributed by atoms with Crippen LogP contribution < -0.4 is 0 Å². The van der Waals surface area contributed by atoms with Crippen molar-refractivity contribution in [3.63, 3.8) is 0 Å². The number of carbonyl (C=O) groups is 1. The molecule has 0 heterocycles. The summed E-state index contributed by atoms with van der Waals surface area (Å²) >= 11 is 0. The van der Waals surface area contributed by atoms with Gasteiger partial charge in [-0.15, -0.1) is 0 Å². The fourth-order valence-electron chi connectivity index (χ4n) is 2.36. The number of carbonyl (C=O) groups excluding carboxylic acids is 1. The van der Waals surface area contributed by atoms with Crippen LogP contribution in [0.3, 0.4) is 0 Å². The molecule has 0 radical (unpaired) electrons. The molecule has 0 saturated heterocycles. The summed E-state index contributed by atoms with van der Waals surface area (Å²) in [6.07, 6.45) is 5.41. The molecule has 0 aromatic carbocycles. The van der Waals surface area contributed by atoms with Gasteiger partial charge in [0.2, 0.25) is 0 Å². The second kappa shape index (κ2) is 2.47. The second-order valence-electron chi connectivity index (χ2n) is 3.72. The molecule has 2 aliphatic carbocycles. The molecule has 1 fully saturated rings. The van der Waals surface area contributed by atoms with E-state index in [-0.39, 0.29) is 0 Å². The number of hydrogen-bond donors (Lipinski definition) is 0. The van der Waals surface area contributed by atoms with Crippen molar-refractivity contribution in [2.24, 2.45) is 5.92 Å². The summed E-state index contributed by atoms with van der Waals surface area (Å²) in [5.41, 5.74) is 2.99. The van der Waals surface area contributed by atoms with Gasteiger partial charge in [-0.05, 0) is 32.6 Å². The minimum Gasteiger partial charge on any atom is -0.299 e. The van der Waals surface area contributed by atoms with E-state index in [0.29, 0.717) is 11.7 Å². The molecule has 0 aromatic heterocycles. The lowest BCUT2D eigenvalue weighted by Crippen LogP contribution is -2.18. The molecule has 2 aliphatic rings. The Balaban J connectivity index is 2.28. The summed E-state index contributed by atoms with van der Waals surface area (Å²) in [5, 5.41) is 0. The Morgan fingerprint density at radius 1 is 1.27 bits per heavy atom. The van der Waals surface area contributed by atoms with E-state index in [1.807, 2.05) is 0 Å². The number of rotatable bonds is 0. The van der Waals surface area contributed by atoms with E-state index in [1.54, 1.807) is 0 Å². The molecule has 0 spiro atoms. The third-order valence-electron chi connectivity index (χ3n) is 3.03. The van der Waals surface area contributed by atoms with E-state index in [2.05, 4.69) is 6.92 Å². The highest BCUT2D eigenvalue weighted by Gasteiger charge is 2.31. The molecule has 0 aliphatic heterocycles. The third kappa shape index (κ3) is 1.03. The van der Waals surface area contributed by atoms with Crippen LogP contribution in [0, 0.1) is 5.92 Å². The van der Waals surface area contributed by atoms with Crippen molar-refractivity contribution in [2.75, 3.05) is 0 Å². The molecule has 0 N–H and O–H groups in total. The third-order valence-corrected chi connectivity index (χ3v) is 3.03. The van der Waals surface area contributed by atoms with Gasteiger partial charge < -0.3 is 0 Å². The van der Waals surface area contributed by atoms with Crippen LogP contribution in [0.5, 0.6) is 0 Å². The average molecular weight is 150 g/mol. The van der Waals surface area contributed by atoms with Crippen LogP contribution in [0.1, 0.15) is 39.0 Å². The zero-order valence-electron chi connectivity index (χ0n) is 7.02. The minimum absolute atomic E-state index is 0.351. The summed E-state index contributed by atoms with van der Waals surface area (Å²) < 4.78 is 0. The largest absolute Gasteiger partial charge is 0.299 e. The predicted molar refractivity (Wildman–Crippen MR) is 44.3 cm³/mol. The first-order chi connectivity index (χ1) is 5.29. The normalized spacial score (nSPS) is 31.0. The topological polar surface area (TPSA) is 17.1 Å². The van der Waals surface area contributed by atoms with Crippen molar-refractivity contribution in [3.05, 3.63) is 11.1 Å². The van der Waals surface area contributed by atoms with Crippen molar-refractivity contribution in [1.82, 2.24) is 0 Å². The lowest BCUT2D eigenvalue weighted by atomic mass is 9.84. The van der Waals surface area contributed by atoms with Crippen molar-refractivity contribution < 1.29 is 4.79 Å². The molecule has 1 heteroatoms. The molecule has 1 atom stereocenters. The van der Waals surface area contributed by atoms with Gasteiger partial charge in [0.05, 0.1) is 0 Å². The van der Waals surface area contributed by atoms with Gasteiger partial charge in [0, 0.05) is 12.3 Å². The van der Waals surface area contributed by atoms with Crippen LogP contribution in [-0.4, -0.2) is 5.78 Å². The van der Waals surface area contributed by atoms with Gasteiger partial charge in [-0.3, -0.25) is 4.79 Å². The lowest BCUT2D eigenvalue weighted by molar-refractivity contribution is -0.122. The smallest absolute Gasteiger partial charge is 0.140 e. The molecule has 60 valence electrons. The summed E-state index contributed by atoms with van der Waals surface area (Å²) in [6, 6.07) is 0. The van der Waals surface area contributed by atoms with Crippen molar-refractivity contribution in [2.45, 2.75) is 39.0 Å². The van der Waals surface area contributed by atoms with Crippen LogP contribution in [0.25, 0.3) is 0 Å². The predicted octanol–water partition coefficient (Wildman–Crippen LogP) is 2.47. The zero-order valence-corrected chi connectivity index (χ0v) is 7.02. The van der Waals surface area contributed by atoms with Gasteiger partial charge in [0.25, 0.3) is 0 Å². The van der Waals surface area contributed by atoms with E-state index in [9.17, 15) is 4.79 Å². The fourth-order valence-corrected chi connectivity index (χ4v) is 2.36. The molecule has 2 rings (SSSR count). The van der Waals surface area contributed by atoms with Gasteiger partial charge in [0.15, 0.2) is 0 Å². The van der Waals surface area contributed by atoms with E-state index < -0.39 is 0 Å². The molecular weight excluding hydrogens is 136 g/mol. The summed E-state index contributed by atoms with van der Waals surface area (Å²) in [6.45, 7) is 2.19. The van der Waals surface area contributed by atoms with Crippen molar-refractivity contribution >= 4 is 5.78 Å². The number of allylic oxidation sites excluding steroid dienone is 2. The Morgan fingerprint density at radius 2 is 2.09 bits per heavy atom. The molecule has 0 amide bonds. The number of ketones is 1. The highest BCUT2D eigenvalue weighted by atomic mass is 16.1. The maximum Gasteiger partial charge on any atom is 0.140 e. The van der Waals surface area contributed by atoms with Gasteiger partial charge >= 0.3 is 0 Å². The fraction of sp³-hybridized carbons (Fsp3) is 0.700. The summed E-state index contributed by atoms with van der Waals surface area (Å²) in [7, 11) is 0. The zero-order chi connectivity index (χ0) is 7.84. The Hall–Kier alpha value is -0.590. The Bertz CT molecular complexity index is 225. The Morgan fingerprint density at radius 3 is 2.82 bits per heavy atom. The second-order valence-corrected chi connectivity index (χ2v) is 3.72. The molecule has 0 bridgehead atoms. The molecular formula is C10H14O. The Labute approximate surface area is 67.5 Å². The molecule has 11 heavy (non-hydrogen) atoms. The van der Waals surface area contributed by atoms with E-state index >= 15 is 0 Å². The number of fused-ring (bicyclic) bond motifs is 1. The summed E-state index contributed by atoms with van der Waals surface area (Å²) in [4.78, 5) is 11.4. The maximum absolute atomic E-state index is 11.4. The van der Waals surface area contributed by atoms with Gasteiger partial charge in [0.1, 0.15) is 5.78 Å². The van der Waals surface area contributed by atoms with Crippen molar-refractivity contribution in [3.8, 4) is 0 Å². The first-order valence-corrected chi connectivity index (χ1v) is 4.50. The maximum atomic E-state index is 11.4. The minimum atomic E-state index is 0.351. The highest BCUT2D eigenvalue weighted by molar-refractivity contribution is 5.85. The quantitative estimate of drug-likeness (QED) is 0.485.